The minimum atomic E-state index is -0.557. The molecule has 1 amide bonds. The molecule has 0 radical (unpaired) electrons. The number of nitrogens with zero attached hydrogens (tertiary/aromatic N) is 2. The van der Waals surface area contributed by atoms with Gasteiger partial charge in [-0.2, -0.15) is 0 Å². The molecule has 7 heteroatoms. The third-order valence-electron chi connectivity index (χ3n) is 5.29. The highest BCUT2D eigenvalue weighted by atomic mass is 35.5. The van der Waals surface area contributed by atoms with Gasteiger partial charge in [0, 0.05) is 22.7 Å². The van der Waals surface area contributed by atoms with Crippen molar-refractivity contribution in [1.82, 2.24) is 4.98 Å². The molecular weight excluding hydrogens is 428 g/mol. The van der Waals surface area contributed by atoms with Crippen LogP contribution in [0.4, 0.5) is 5.69 Å². The quantitative estimate of drug-likeness (QED) is 0.383. The summed E-state index contributed by atoms with van der Waals surface area (Å²) < 4.78 is 10.2. The first-order valence-corrected chi connectivity index (χ1v) is 10.3. The topological polar surface area (TPSA) is 68.7 Å². The Morgan fingerprint density at radius 1 is 1.00 bits per heavy atom. The Kier molecular flexibility index (Phi) is 5.97. The number of halogens is 1. The van der Waals surface area contributed by atoms with E-state index in [1.54, 1.807) is 23.1 Å². The lowest BCUT2D eigenvalue weighted by Crippen LogP contribution is -2.28. The van der Waals surface area contributed by atoms with Crippen molar-refractivity contribution >= 4 is 50.8 Å². The summed E-state index contributed by atoms with van der Waals surface area (Å²) in [5, 5.41) is 3.12. The molecule has 1 heterocycles. The molecule has 0 saturated carbocycles. The van der Waals surface area contributed by atoms with Crippen LogP contribution >= 0.6 is 11.6 Å². The van der Waals surface area contributed by atoms with Gasteiger partial charge in [-0.25, -0.2) is 9.78 Å². The highest BCUT2D eigenvalue weighted by Gasteiger charge is 2.21. The second-order valence-corrected chi connectivity index (χ2v) is 7.71. The van der Waals surface area contributed by atoms with Gasteiger partial charge in [0.15, 0.2) is 0 Å². The number of hydrogen-bond donors (Lipinski definition) is 0. The molecule has 0 aliphatic heterocycles. The Bertz CT molecular complexity index is 1350. The molecule has 1 aromatic heterocycles. The molecule has 0 aliphatic rings. The predicted octanol–water partition coefficient (Wildman–Crippen LogP) is 5.39. The average molecular weight is 449 g/mol. The van der Waals surface area contributed by atoms with Gasteiger partial charge >= 0.3 is 5.97 Å². The molecule has 0 bridgehead atoms. The summed E-state index contributed by atoms with van der Waals surface area (Å²) in [5.41, 5.74) is 2.31. The van der Waals surface area contributed by atoms with Gasteiger partial charge in [-0.15, -0.1) is 0 Å². The van der Waals surface area contributed by atoms with Gasteiger partial charge < -0.3 is 14.4 Å². The van der Waals surface area contributed by atoms with Gasteiger partial charge in [-0.05, 0) is 35.2 Å². The van der Waals surface area contributed by atoms with E-state index in [1.807, 2.05) is 42.5 Å². The highest BCUT2D eigenvalue weighted by molar-refractivity contribution is 6.31. The van der Waals surface area contributed by atoms with E-state index in [0.29, 0.717) is 15.9 Å². The fourth-order valence-electron chi connectivity index (χ4n) is 3.82. The Morgan fingerprint density at radius 2 is 1.75 bits per heavy atom. The van der Waals surface area contributed by atoms with Gasteiger partial charge in [0.1, 0.15) is 5.56 Å². The zero-order valence-electron chi connectivity index (χ0n) is 17.9. The smallest absolute Gasteiger partial charge is 0.343 e. The zero-order valence-corrected chi connectivity index (χ0v) is 18.6. The first kappa shape index (κ1) is 21.6. The first-order valence-electron chi connectivity index (χ1n) is 9.94. The molecule has 0 atom stereocenters. The van der Waals surface area contributed by atoms with Gasteiger partial charge in [0.2, 0.25) is 11.8 Å². The van der Waals surface area contributed by atoms with Crippen molar-refractivity contribution in [2.24, 2.45) is 0 Å². The Hall–Kier alpha value is -3.64. The zero-order chi connectivity index (χ0) is 22.8. The molecule has 0 aliphatic carbocycles. The Morgan fingerprint density at radius 3 is 2.47 bits per heavy atom. The summed E-state index contributed by atoms with van der Waals surface area (Å²) in [7, 11) is 2.73. The van der Waals surface area contributed by atoms with Crippen LogP contribution in [-0.2, 0) is 16.1 Å². The Labute approximate surface area is 190 Å². The van der Waals surface area contributed by atoms with Crippen molar-refractivity contribution in [2.75, 3.05) is 19.1 Å². The molecule has 0 saturated heterocycles. The van der Waals surface area contributed by atoms with Crippen molar-refractivity contribution in [3.63, 3.8) is 0 Å². The number of carbonyl (C=O) groups is 2. The van der Waals surface area contributed by atoms with Crippen LogP contribution in [0.1, 0.15) is 22.8 Å². The average Bonchev–Trinajstić information content (AvgIpc) is 2.80. The molecule has 4 aromatic rings. The molecule has 4 rings (SSSR count). The number of hydrogen-bond acceptors (Lipinski definition) is 5. The third-order valence-corrected chi connectivity index (χ3v) is 5.51. The van der Waals surface area contributed by atoms with E-state index in [4.69, 9.17) is 21.1 Å². The number of methoxy groups -OCH3 is 2. The van der Waals surface area contributed by atoms with Crippen LogP contribution < -0.4 is 9.64 Å². The van der Waals surface area contributed by atoms with Crippen molar-refractivity contribution in [3.05, 3.63) is 76.8 Å². The monoisotopic (exact) mass is 448 g/mol. The first-order chi connectivity index (χ1) is 15.4. The number of esters is 1. The van der Waals surface area contributed by atoms with Crippen LogP contribution in [0.3, 0.4) is 0 Å². The molecule has 0 N–H and O–H groups in total. The number of amides is 1. The van der Waals surface area contributed by atoms with Crippen LogP contribution in [0.25, 0.3) is 21.7 Å². The molecule has 0 spiro atoms. The van der Waals surface area contributed by atoms with E-state index in [2.05, 4.69) is 4.98 Å². The predicted molar refractivity (Wildman–Crippen MR) is 125 cm³/mol. The van der Waals surface area contributed by atoms with Gasteiger partial charge in [0.25, 0.3) is 0 Å². The molecule has 0 fully saturated rings. The van der Waals surface area contributed by atoms with Crippen molar-refractivity contribution < 1.29 is 19.1 Å². The molecule has 3 aromatic carbocycles. The number of aromatic nitrogens is 1. The maximum atomic E-state index is 12.7. The van der Waals surface area contributed by atoms with Crippen molar-refractivity contribution in [2.45, 2.75) is 13.5 Å². The molecule has 162 valence electrons. The lowest BCUT2D eigenvalue weighted by atomic mass is 10.0. The number of fused-ring (bicyclic) bond motifs is 2. The summed E-state index contributed by atoms with van der Waals surface area (Å²) in [4.78, 5) is 31.1. The van der Waals surface area contributed by atoms with E-state index in [1.165, 1.54) is 21.1 Å². The van der Waals surface area contributed by atoms with Crippen LogP contribution in [0.2, 0.25) is 5.02 Å². The third kappa shape index (κ3) is 3.97. The van der Waals surface area contributed by atoms with E-state index >= 15 is 0 Å². The second kappa shape index (κ2) is 8.85. The van der Waals surface area contributed by atoms with Crippen LogP contribution in [-0.4, -0.2) is 31.1 Å². The number of ether oxygens (including phenoxy) is 2. The maximum absolute atomic E-state index is 12.7. The molecule has 0 unspecified atom stereocenters. The standard InChI is InChI=1S/C25H21ClN2O4/c1-15(29)28(22-10-6-8-16-7-4-5-9-20(16)22)14-18-12-19(26)11-17-13-21(25(30)32-3)24(31-2)27-23(17)18/h4-13H,14H2,1-3H3. The largest absolute Gasteiger partial charge is 0.480 e. The molecule has 6 nitrogen and oxygen atoms in total. The summed E-state index contributed by atoms with van der Waals surface area (Å²) in [6, 6.07) is 18.9. The number of rotatable bonds is 5. The number of pyridine rings is 1. The SMILES string of the molecule is COC(=O)c1cc2cc(Cl)cc(CN(C(C)=O)c3cccc4ccccc34)c2nc1OC. The Balaban J connectivity index is 1.88. The van der Waals surface area contributed by atoms with Crippen molar-refractivity contribution in [3.8, 4) is 5.88 Å². The van der Waals surface area contributed by atoms with E-state index in [0.717, 1.165) is 22.0 Å². The number of carbonyl (C=O) groups excluding carboxylic acids is 2. The maximum Gasteiger partial charge on any atom is 0.343 e. The van der Waals surface area contributed by atoms with E-state index < -0.39 is 5.97 Å². The summed E-state index contributed by atoms with van der Waals surface area (Å²) in [5.74, 6) is -0.529. The fourth-order valence-corrected chi connectivity index (χ4v) is 4.07. The van der Waals surface area contributed by atoms with Crippen LogP contribution in [0, 0.1) is 0 Å². The second-order valence-electron chi connectivity index (χ2n) is 7.28. The lowest BCUT2D eigenvalue weighted by Gasteiger charge is -2.24. The van der Waals surface area contributed by atoms with E-state index in [-0.39, 0.29) is 23.9 Å². The lowest BCUT2D eigenvalue weighted by molar-refractivity contribution is -0.116. The van der Waals surface area contributed by atoms with Gasteiger partial charge in [0.05, 0.1) is 32.0 Å². The van der Waals surface area contributed by atoms with Crippen LogP contribution in [0.5, 0.6) is 5.88 Å². The minimum Gasteiger partial charge on any atom is -0.480 e. The van der Waals surface area contributed by atoms with Crippen molar-refractivity contribution in [1.29, 1.82) is 0 Å². The number of anilines is 1. The summed E-state index contributed by atoms with van der Waals surface area (Å²) in [6.45, 7) is 1.77. The normalized spacial score (nSPS) is 10.9. The molecular formula is C25H21ClN2O4. The minimum absolute atomic E-state index is 0.118. The van der Waals surface area contributed by atoms with Gasteiger partial charge in [-0.1, -0.05) is 48.0 Å². The van der Waals surface area contributed by atoms with Gasteiger partial charge in [-0.3, -0.25) is 4.79 Å². The fraction of sp³-hybridized carbons (Fsp3) is 0.160. The van der Waals surface area contributed by atoms with Crippen LogP contribution in [0.15, 0.2) is 60.7 Å². The summed E-state index contributed by atoms with van der Waals surface area (Å²) >= 11 is 6.39. The highest BCUT2D eigenvalue weighted by Crippen LogP contribution is 2.32. The summed E-state index contributed by atoms with van der Waals surface area (Å²) in [6.07, 6.45) is 0. The molecule has 32 heavy (non-hydrogen) atoms. The van der Waals surface area contributed by atoms with E-state index in [9.17, 15) is 9.59 Å². The number of benzene rings is 3.